The number of ether oxygens (including phenoxy) is 1. The van der Waals surface area contributed by atoms with Crippen LogP contribution in [-0.2, 0) is 9.53 Å². The summed E-state index contributed by atoms with van der Waals surface area (Å²) in [5.41, 5.74) is 0. The van der Waals surface area contributed by atoms with E-state index < -0.39 is 0 Å². The molecule has 0 aromatic rings. The number of hydrogen-bond acceptors (Lipinski definition) is 3. The van der Waals surface area contributed by atoms with Gasteiger partial charge in [-0.1, -0.05) is 0 Å². The SMILES string of the molecule is CC1CC(C(=O)N2CC3CCC(C2)O3)CCN1. The average molecular weight is 238 g/mol. The number of amides is 1. The van der Waals surface area contributed by atoms with E-state index in [4.69, 9.17) is 4.74 Å². The highest BCUT2D eigenvalue weighted by Crippen LogP contribution is 2.28. The molecule has 4 nitrogen and oxygen atoms in total. The lowest BCUT2D eigenvalue weighted by molar-refractivity contribution is -0.145. The van der Waals surface area contributed by atoms with Gasteiger partial charge in [-0.05, 0) is 39.2 Å². The molecule has 17 heavy (non-hydrogen) atoms. The molecule has 4 heteroatoms. The Kier molecular flexibility index (Phi) is 3.09. The Morgan fingerprint density at radius 3 is 2.59 bits per heavy atom. The number of nitrogens with zero attached hydrogens (tertiary/aromatic N) is 1. The Bertz CT molecular complexity index is 296. The summed E-state index contributed by atoms with van der Waals surface area (Å²) in [5.74, 6) is 0.613. The lowest BCUT2D eigenvalue weighted by Gasteiger charge is -2.36. The van der Waals surface area contributed by atoms with E-state index in [1.165, 1.54) is 0 Å². The van der Waals surface area contributed by atoms with Crippen LogP contribution in [-0.4, -0.2) is 48.7 Å². The van der Waals surface area contributed by atoms with Gasteiger partial charge < -0.3 is 15.0 Å². The summed E-state index contributed by atoms with van der Waals surface area (Å²) in [6.07, 6.45) is 4.89. The van der Waals surface area contributed by atoms with Crippen molar-refractivity contribution in [2.24, 2.45) is 5.92 Å². The first kappa shape index (κ1) is 11.5. The largest absolute Gasteiger partial charge is 0.371 e. The number of rotatable bonds is 1. The van der Waals surface area contributed by atoms with Gasteiger partial charge in [-0.25, -0.2) is 0 Å². The zero-order valence-corrected chi connectivity index (χ0v) is 10.5. The fraction of sp³-hybridized carbons (Fsp3) is 0.923. The highest BCUT2D eigenvalue weighted by Gasteiger charge is 2.38. The number of nitrogens with one attached hydrogen (secondary N) is 1. The van der Waals surface area contributed by atoms with E-state index in [0.717, 1.165) is 45.3 Å². The van der Waals surface area contributed by atoms with Crippen LogP contribution >= 0.6 is 0 Å². The van der Waals surface area contributed by atoms with Crippen LogP contribution in [0.25, 0.3) is 0 Å². The summed E-state index contributed by atoms with van der Waals surface area (Å²) in [6, 6.07) is 0.482. The van der Waals surface area contributed by atoms with Crippen molar-refractivity contribution in [1.82, 2.24) is 10.2 Å². The third kappa shape index (κ3) is 2.33. The molecule has 4 unspecified atom stereocenters. The van der Waals surface area contributed by atoms with E-state index in [1.807, 2.05) is 0 Å². The normalized spacial score (nSPS) is 41.6. The van der Waals surface area contributed by atoms with Crippen molar-refractivity contribution in [1.29, 1.82) is 0 Å². The van der Waals surface area contributed by atoms with Crippen LogP contribution < -0.4 is 5.32 Å². The molecular formula is C13H22N2O2. The predicted molar refractivity (Wildman–Crippen MR) is 64.7 cm³/mol. The van der Waals surface area contributed by atoms with Crippen LogP contribution in [0.5, 0.6) is 0 Å². The van der Waals surface area contributed by atoms with Crippen LogP contribution in [0.15, 0.2) is 0 Å². The minimum Gasteiger partial charge on any atom is -0.371 e. The van der Waals surface area contributed by atoms with Gasteiger partial charge in [0.25, 0.3) is 0 Å². The van der Waals surface area contributed by atoms with Gasteiger partial charge in [0.1, 0.15) is 0 Å². The zero-order chi connectivity index (χ0) is 11.8. The molecule has 96 valence electrons. The van der Waals surface area contributed by atoms with Crippen LogP contribution in [0.3, 0.4) is 0 Å². The number of likely N-dealkylation sites (tertiary alicyclic amines) is 1. The molecule has 3 fully saturated rings. The van der Waals surface area contributed by atoms with Crippen LogP contribution in [0.1, 0.15) is 32.6 Å². The smallest absolute Gasteiger partial charge is 0.225 e. The van der Waals surface area contributed by atoms with Gasteiger partial charge >= 0.3 is 0 Å². The minimum atomic E-state index is 0.240. The Labute approximate surface area is 103 Å². The first-order valence-corrected chi connectivity index (χ1v) is 6.90. The zero-order valence-electron chi connectivity index (χ0n) is 10.5. The number of carbonyl (C=O) groups excluding carboxylic acids is 1. The summed E-state index contributed by atoms with van der Waals surface area (Å²) in [7, 11) is 0. The first-order valence-electron chi connectivity index (χ1n) is 6.90. The van der Waals surface area contributed by atoms with Crippen molar-refractivity contribution < 1.29 is 9.53 Å². The summed E-state index contributed by atoms with van der Waals surface area (Å²) in [4.78, 5) is 14.5. The second-order valence-corrected chi connectivity index (χ2v) is 5.78. The first-order chi connectivity index (χ1) is 8.22. The van der Waals surface area contributed by atoms with Gasteiger partial charge in [0, 0.05) is 25.0 Å². The predicted octanol–water partition coefficient (Wildman–Crippen LogP) is 0.764. The van der Waals surface area contributed by atoms with E-state index >= 15 is 0 Å². The Morgan fingerprint density at radius 1 is 1.24 bits per heavy atom. The highest BCUT2D eigenvalue weighted by molar-refractivity contribution is 5.79. The van der Waals surface area contributed by atoms with Gasteiger partial charge in [-0.2, -0.15) is 0 Å². The second kappa shape index (κ2) is 4.58. The third-order valence-corrected chi connectivity index (χ3v) is 4.33. The summed E-state index contributed by atoms with van der Waals surface area (Å²) >= 11 is 0. The van der Waals surface area contributed by atoms with Gasteiger partial charge in [0.2, 0.25) is 5.91 Å². The fourth-order valence-corrected chi connectivity index (χ4v) is 3.41. The summed E-state index contributed by atoms with van der Waals surface area (Å²) in [5, 5.41) is 3.40. The maximum absolute atomic E-state index is 12.5. The van der Waals surface area contributed by atoms with Crippen molar-refractivity contribution in [3.8, 4) is 0 Å². The Morgan fingerprint density at radius 2 is 1.94 bits per heavy atom. The molecule has 1 amide bonds. The van der Waals surface area contributed by atoms with Gasteiger partial charge in [-0.15, -0.1) is 0 Å². The van der Waals surface area contributed by atoms with Gasteiger partial charge in [-0.3, -0.25) is 4.79 Å². The molecular weight excluding hydrogens is 216 g/mol. The molecule has 3 rings (SSSR count). The molecule has 3 aliphatic rings. The maximum atomic E-state index is 12.5. The Balaban J connectivity index is 1.61. The maximum Gasteiger partial charge on any atom is 0.225 e. The van der Waals surface area contributed by atoms with Crippen molar-refractivity contribution in [2.75, 3.05) is 19.6 Å². The number of carbonyl (C=O) groups is 1. The molecule has 0 aromatic carbocycles. The lowest BCUT2D eigenvalue weighted by atomic mass is 9.92. The number of morpholine rings is 1. The van der Waals surface area contributed by atoms with Crippen molar-refractivity contribution in [3.63, 3.8) is 0 Å². The topological polar surface area (TPSA) is 41.6 Å². The number of fused-ring (bicyclic) bond motifs is 2. The van der Waals surface area contributed by atoms with Crippen LogP contribution in [0.4, 0.5) is 0 Å². The minimum absolute atomic E-state index is 0.240. The summed E-state index contributed by atoms with van der Waals surface area (Å²) < 4.78 is 5.78. The molecule has 3 heterocycles. The molecule has 3 saturated heterocycles. The third-order valence-electron chi connectivity index (χ3n) is 4.33. The van der Waals surface area contributed by atoms with E-state index in [9.17, 15) is 4.79 Å². The molecule has 4 atom stereocenters. The van der Waals surface area contributed by atoms with E-state index in [0.29, 0.717) is 24.2 Å². The monoisotopic (exact) mass is 238 g/mol. The highest BCUT2D eigenvalue weighted by atomic mass is 16.5. The molecule has 0 spiro atoms. The van der Waals surface area contributed by atoms with Crippen molar-refractivity contribution in [3.05, 3.63) is 0 Å². The number of piperidine rings is 1. The summed E-state index contributed by atoms with van der Waals surface area (Å²) in [6.45, 7) is 4.80. The van der Waals surface area contributed by atoms with Crippen LogP contribution in [0, 0.1) is 5.92 Å². The molecule has 0 saturated carbocycles. The molecule has 2 bridgehead atoms. The standard InChI is InChI=1S/C13H22N2O2/c1-9-6-10(4-5-14-9)13(16)15-7-11-2-3-12(8-15)17-11/h9-12,14H,2-8H2,1H3. The molecule has 0 aromatic heterocycles. The number of hydrogen-bond donors (Lipinski definition) is 1. The van der Waals surface area contributed by atoms with Gasteiger partial charge in [0.05, 0.1) is 12.2 Å². The van der Waals surface area contributed by atoms with E-state index in [1.54, 1.807) is 0 Å². The van der Waals surface area contributed by atoms with E-state index in [-0.39, 0.29) is 5.92 Å². The fourth-order valence-electron chi connectivity index (χ4n) is 3.41. The van der Waals surface area contributed by atoms with Gasteiger partial charge in [0.15, 0.2) is 0 Å². The van der Waals surface area contributed by atoms with Crippen molar-refractivity contribution >= 4 is 5.91 Å². The van der Waals surface area contributed by atoms with E-state index in [2.05, 4.69) is 17.1 Å². The Hall–Kier alpha value is -0.610. The average Bonchev–Trinajstić information content (AvgIpc) is 2.67. The van der Waals surface area contributed by atoms with Crippen LogP contribution in [0.2, 0.25) is 0 Å². The van der Waals surface area contributed by atoms with Crippen molar-refractivity contribution in [2.45, 2.75) is 50.9 Å². The quantitative estimate of drug-likeness (QED) is 0.733. The molecule has 1 N–H and O–H groups in total. The lowest BCUT2D eigenvalue weighted by Crippen LogP contribution is -2.50. The molecule has 3 aliphatic heterocycles. The molecule has 0 aliphatic carbocycles. The second-order valence-electron chi connectivity index (χ2n) is 5.78. The molecule has 0 radical (unpaired) electrons.